The van der Waals surface area contributed by atoms with Crippen molar-refractivity contribution in [2.24, 2.45) is 10.5 Å². The molecule has 2 heterocycles. The van der Waals surface area contributed by atoms with Crippen molar-refractivity contribution in [1.82, 2.24) is 4.31 Å². The highest BCUT2D eigenvalue weighted by Crippen LogP contribution is 2.42. The maximum Gasteiger partial charge on any atom is 0.243 e. The maximum atomic E-state index is 14.5. The van der Waals surface area contributed by atoms with Crippen molar-refractivity contribution in [2.45, 2.75) is 96.2 Å². The van der Waals surface area contributed by atoms with E-state index >= 15 is 0 Å². The third-order valence-corrected chi connectivity index (χ3v) is 12.5. The van der Waals surface area contributed by atoms with Gasteiger partial charge >= 0.3 is 0 Å². The van der Waals surface area contributed by atoms with E-state index in [0.717, 1.165) is 53.2 Å². The van der Waals surface area contributed by atoms with Gasteiger partial charge in [-0.2, -0.15) is 4.31 Å². The highest BCUT2D eigenvalue weighted by Gasteiger charge is 2.45. The molecule has 3 aromatic rings. The number of carbonyl (C=O) groups excluding carboxylic acids is 1. The molecule has 4 atom stereocenters. The number of rotatable bonds is 19. The highest BCUT2D eigenvalue weighted by molar-refractivity contribution is 7.89. The van der Waals surface area contributed by atoms with Crippen LogP contribution in [0.2, 0.25) is 0 Å². The Hall–Kier alpha value is -4.01. The summed E-state index contributed by atoms with van der Waals surface area (Å²) >= 11 is 0. The molecule has 1 amide bonds. The quantitative estimate of drug-likeness (QED) is 0.0518. The first kappa shape index (κ1) is 43.1. The number of azide groups is 1. The van der Waals surface area contributed by atoms with Gasteiger partial charge in [-0.15, -0.1) is 0 Å². The molecule has 2 aliphatic rings. The fourth-order valence-electron chi connectivity index (χ4n) is 7.49. The molecule has 0 aromatic heterocycles. The Labute approximate surface area is 331 Å². The number of carbonyl (C=O) groups is 1. The van der Waals surface area contributed by atoms with Crippen LogP contribution in [0.3, 0.4) is 0 Å². The number of nitrogens with zero attached hydrogens (tertiary/aromatic N) is 5. The van der Waals surface area contributed by atoms with Crippen LogP contribution in [0.1, 0.15) is 75.1 Å². The second kappa shape index (κ2) is 19.9. The van der Waals surface area contributed by atoms with Gasteiger partial charge in [-0.05, 0) is 91.6 Å². The first-order chi connectivity index (χ1) is 26.9. The number of sulfonamides is 1. The minimum absolute atomic E-state index is 0.00755. The van der Waals surface area contributed by atoms with Crippen LogP contribution in [0.15, 0.2) is 76.7 Å². The number of benzene rings is 3. The van der Waals surface area contributed by atoms with E-state index in [2.05, 4.69) is 33.1 Å². The number of hydrogen-bond acceptors (Lipinski definition) is 9. The molecule has 14 heteroatoms. The second-order valence-electron chi connectivity index (χ2n) is 15.3. The molecular weight excluding hydrogens is 735 g/mol. The first-order valence-electron chi connectivity index (χ1n) is 19.4. The summed E-state index contributed by atoms with van der Waals surface area (Å²) in [6.07, 6.45) is 0.853. The van der Waals surface area contributed by atoms with E-state index in [1.807, 2.05) is 45.0 Å². The Kier molecular flexibility index (Phi) is 15.3. The van der Waals surface area contributed by atoms with Crippen LogP contribution in [-0.2, 0) is 47.0 Å². The highest BCUT2D eigenvalue weighted by atomic mass is 32.2. The number of ether oxygens (including phenoxy) is 5. The zero-order chi connectivity index (χ0) is 40.3. The Bertz CT molecular complexity index is 1900. The summed E-state index contributed by atoms with van der Waals surface area (Å²) < 4.78 is 60.1. The average Bonchev–Trinajstić information content (AvgIpc) is 3.18. The van der Waals surface area contributed by atoms with Crippen LogP contribution in [0.25, 0.3) is 10.4 Å². The summed E-state index contributed by atoms with van der Waals surface area (Å²) in [6, 6.07) is 20.4. The summed E-state index contributed by atoms with van der Waals surface area (Å²) in [7, 11) is -2.34. The van der Waals surface area contributed by atoms with E-state index in [1.54, 1.807) is 45.2 Å². The van der Waals surface area contributed by atoms with Crippen LogP contribution >= 0.6 is 0 Å². The fraction of sp³-hybridized carbons (Fsp3) is 0.548. The Morgan fingerprint density at radius 1 is 1.07 bits per heavy atom. The van der Waals surface area contributed by atoms with Gasteiger partial charge in [0.05, 0.1) is 49.2 Å². The lowest BCUT2D eigenvalue weighted by Crippen LogP contribution is -2.53. The van der Waals surface area contributed by atoms with Crippen molar-refractivity contribution in [3.63, 3.8) is 0 Å². The van der Waals surface area contributed by atoms with Crippen LogP contribution in [0.4, 0.5) is 5.69 Å². The normalized spacial score (nSPS) is 19.5. The van der Waals surface area contributed by atoms with Gasteiger partial charge in [0.2, 0.25) is 15.9 Å². The van der Waals surface area contributed by atoms with E-state index in [9.17, 15) is 13.2 Å². The molecule has 5 rings (SSSR count). The molecule has 0 aliphatic carbocycles. The van der Waals surface area contributed by atoms with Gasteiger partial charge < -0.3 is 28.6 Å². The van der Waals surface area contributed by atoms with Crippen molar-refractivity contribution in [1.29, 1.82) is 0 Å². The third kappa shape index (κ3) is 11.1. The molecule has 2 aliphatic heterocycles. The second-order valence-corrected chi connectivity index (χ2v) is 17.2. The molecule has 0 spiro atoms. The maximum absolute atomic E-state index is 14.5. The van der Waals surface area contributed by atoms with Crippen LogP contribution in [-0.4, -0.2) is 90.1 Å². The molecule has 0 radical (unpaired) electrons. The number of aryl methyl sites for hydroxylation is 1. The van der Waals surface area contributed by atoms with Crippen molar-refractivity contribution < 1.29 is 36.9 Å². The van der Waals surface area contributed by atoms with E-state index in [-0.39, 0.29) is 36.5 Å². The largest absolute Gasteiger partial charge is 0.490 e. The van der Waals surface area contributed by atoms with Crippen molar-refractivity contribution in [3.05, 3.63) is 99.4 Å². The van der Waals surface area contributed by atoms with Crippen molar-refractivity contribution in [3.8, 4) is 5.75 Å². The molecule has 0 saturated carbocycles. The number of methoxy groups -OCH3 is 1. The molecule has 304 valence electrons. The molecule has 56 heavy (non-hydrogen) atoms. The van der Waals surface area contributed by atoms with Gasteiger partial charge in [0.15, 0.2) is 0 Å². The summed E-state index contributed by atoms with van der Waals surface area (Å²) in [5.74, 6) is -0.0481. The Balaban J connectivity index is 1.47. The van der Waals surface area contributed by atoms with E-state index in [4.69, 9.17) is 29.2 Å². The first-order valence-corrected chi connectivity index (χ1v) is 20.9. The SMILES string of the molecule is CCO[C@H](C)COCc1ccc([C@H]2C[C@H](CC(C)(C)C(=O)N=[N+]=[N-])N(S(=O)(=O)c3ccc(C)cc3)C[C@@H]2OCc2ccc3c(c2)N(CCCOC)CCO3)cc1. The van der Waals surface area contributed by atoms with Crippen LogP contribution in [0, 0.1) is 12.3 Å². The van der Waals surface area contributed by atoms with Gasteiger partial charge in [0, 0.05) is 55.7 Å². The molecule has 13 nitrogen and oxygen atoms in total. The van der Waals surface area contributed by atoms with E-state index in [1.165, 1.54) is 4.31 Å². The van der Waals surface area contributed by atoms with Crippen LogP contribution < -0.4 is 9.64 Å². The number of piperidine rings is 1. The molecule has 0 bridgehead atoms. The van der Waals surface area contributed by atoms with Gasteiger partial charge in [-0.25, -0.2) is 8.42 Å². The summed E-state index contributed by atoms with van der Waals surface area (Å²) in [4.78, 5) is 18.2. The molecule has 0 N–H and O–H groups in total. The Morgan fingerprint density at radius 2 is 1.80 bits per heavy atom. The molecule has 3 aromatic carbocycles. The summed E-state index contributed by atoms with van der Waals surface area (Å²) in [6.45, 7) is 13.9. The topological polar surface area (TPSA) is 153 Å². The molecule has 1 saturated heterocycles. The van der Waals surface area contributed by atoms with Gasteiger partial charge in [0.25, 0.3) is 0 Å². The minimum atomic E-state index is -4.04. The van der Waals surface area contributed by atoms with Gasteiger partial charge in [0.1, 0.15) is 12.4 Å². The lowest BCUT2D eigenvalue weighted by atomic mass is 9.77. The summed E-state index contributed by atoms with van der Waals surface area (Å²) in [5.41, 5.74) is 12.8. The minimum Gasteiger partial charge on any atom is -0.490 e. The number of hydrogen-bond donors (Lipinski definition) is 0. The van der Waals surface area contributed by atoms with E-state index in [0.29, 0.717) is 39.5 Å². The number of anilines is 1. The van der Waals surface area contributed by atoms with Gasteiger partial charge in [-0.1, -0.05) is 61.9 Å². The predicted molar refractivity (Wildman–Crippen MR) is 215 cm³/mol. The fourth-order valence-corrected chi connectivity index (χ4v) is 9.14. The smallest absolute Gasteiger partial charge is 0.243 e. The molecule has 1 fully saturated rings. The zero-order valence-corrected chi connectivity index (χ0v) is 34.4. The van der Waals surface area contributed by atoms with Crippen molar-refractivity contribution in [2.75, 3.05) is 58.1 Å². The lowest BCUT2D eigenvalue weighted by Gasteiger charge is -2.45. The Morgan fingerprint density at radius 3 is 2.50 bits per heavy atom. The number of fused-ring (bicyclic) bond motifs is 1. The number of amides is 1. The van der Waals surface area contributed by atoms with Crippen LogP contribution in [0.5, 0.6) is 5.75 Å². The summed E-state index contributed by atoms with van der Waals surface area (Å²) in [5, 5.41) is 3.39. The molecular formula is C42H57N5O8S. The third-order valence-electron chi connectivity index (χ3n) is 10.5. The lowest BCUT2D eigenvalue weighted by molar-refractivity contribution is -0.127. The van der Waals surface area contributed by atoms with Crippen molar-refractivity contribution >= 4 is 21.6 Å². The molecule has 0 unspecified atom stereocenters. The predicted octanol–water partition coefficient (Wildman–Crippen LogP) is 7.56. The van der Waals surface area contributed by atoms with Gasteiger partial charge in [-0.3, -0.25) is 4.79 Å². The zero-order valence-electron chi connectivity index (χ0n) is 33.6. The monoisotopic (exact) mass is 791 g/mol. The average molecular weight is 792 g/mol. The van der Waals surface area contributed by atoms with E-state index < -0.39 is 33.5 Å². The standard InChI is InChI=1S/C42H57N5O8S/c1-7-53-31(3)27-52-28-32-11-14-34(15-12-32)37-24-35(25-42(4,5)41(48)44-45-43)47(56(49,50)36-16-9-30(2)10-17-36)26-40(37)55-29-33-13-18-39-38(23-33)46(20-22-54-39)19-8-21-51-6/h9-18,23,31,35,37,40H,7-8,19-22,24-29H2,1-6H3/t31-,35-,37-,40+/m1/s1.